The van der Waals surface area contributed by atoms with E-state index in [4.69, 9.17) is 4.74 Å². The van der Waals surface area contributed by atoms with E-state index < -0.39 is 0 Å². The van der Waals surface area contributed by atoms with Gasteiger partial charge in [0.2, 0.25) is 0 Å². The lowest BCUT2D eigenvalue weighted by atomic mass is 9.83. The van der Waals surface area contributed by atoms with Crippen molar-refractivity contribution in [1.29, 1.82) is 0 Å². The average Bonchev–Trinajstić information content (AvgIpc) is 2.25. The molecule has 2 rings (SSSR count). The molecular formula is C14H20BrNO. The van der Waals surface area contributed by atoms with E-state index >= 15 is 0 Å². The Bertz CT molecular complexity index is 339. The fourth-order valence-corrected chi connectivity index (χ4v) is 2.39. The molecule has 3 heteroatoms. The maximum Gasteiger partial charge on any atom is 0.120 e. The van der Waals surface area contributed by atoms with Crippen LogP contribution in [0.5, 0.6) is 5.75 Å². The molecule has 1 aromatic carbocycles. The van der Waals surface area contributed by atoms with Gasteiger partial charge in [0.1, 0.15) is 12.4 Å². The Morgan fingerprint density at radius 1 is 1.29 bits per heavy atom. The summed E-state index contributed by atoms with van der Waals surface area (Å²) >= 11 is 3.43. The van der Waals surface area contributed by atoms with Crippen LogP contribution in [-0.4, -0.2) is 19.7 Å². The summed E-state index contributed by atoms with van der Waals surface area (Å²) in [5.74, 6) is 1.92. The lowest BCUT2D eigenvalue weighted by molar-refractivity contribution is 0.280. The second-order valence-corrected chi connectivity index (χ2v) is 5.56. The van der Waals surface area contributed by atoms with Crippen LogP contribution in [0.4, 0.5) is 0 Å². The SMILES string of the molecule is Brc1cccc(OCCNCCC2CCC2)c1. The van der Waals surface area contributed by atoms with Crippen molar-refractivity contribution in [3.05, 3.63) is 28.7 Å². The van der Waals surface area contributed by atoms with Crippen molar-refractivity contribution in [1.82, 2.24) is 5.32 Å². The van der Waals surface area contributed by atoms with Gasteiger partial charge in [-0.25, -0.2) is 0 Å². The molecular weight excluding hydrogens is 278 g/mol. The lowest BCUT2D eigenvalue weighted by Gasteiger charge is -2.25. The summed E-state index contributed by atoms with van der Waals surface area (Å²) in [6, 6.07) is 7.97. The number of benzene rings is 1. The fourth-order valence-electron chi connectivity index (χ4n) is 2.01. The molecule has 94 valence electrons. The molecule has 1 aliphatic carbocycles. The zero-order chi connectivity index (χ0) is 11.9. The molecule has 0 spiro atoms. The Morgan fingerprint density at radius 2 is 2.18 bits per heavy atom. The molecule has 0 saturated heterocycles. The topological polar surface area (TPSA) is 21.3 Å². The van der Waals surface area contributed by atoms with Crippen molar-refractivity contribution >= 4 is 15.9 Å². The molecule has 0 aliphatic heterocycles. The van der Waals surface area contributed by atoms with Gasteiger partial charge in [-0.15, -0.1) is 0 Å². The average molecular weight is 298 g/mol. The van der Waals surface area contributed by atoms with Crippen molar-refractivity contribution in [3.63, 3.8) is 0 Å². The summed E-state index contributed by atoms with van der Waals surface area (Å²) in [6.07, 6.45) is 5.65. The van der Waals surface area contributed by atoms with E-state index in [0.29, 0.717) is 0 Å². The second kappa shape index (κ2) is 7.02. The molecule has 2 nitrogen and oxygen atoms in total. The summed E-state index contributed by atoms with van der Waals surface area (Å²) < 4.78 is 6.70. The van der Waals surface area contributed by atoms with Gasteiger partial charge in [-0.05, 0) is 37.1 Å². The Labute approximate surface area is 112 Å². The fraction of sp³-hybridized carbons (Fsp3) is 0.571. The lowest BCUT2D eigenvalue weighted by Crippen LogP contribution is -2.25. The summed E-state index contributed by atoms with van der Waals surface area (Å²) in [7, 11) is 0. The van der Waals surface area contributed by atoms with Crippen LogP contribution in [-0.2, 0) is 0 Å². The van der Waals surface area contributed by atoms with Crippen molar-refractivity contribution in [2.45, 2.75) is 25.7 Å². The molecule has 0 aromatic heterocycles. The third-order valence-electron chi connectivity index (χ3n) is 3.30. The highest BCUT2D eigenvalue weighted by Crippen LogP contribution is 2.28. The standard InChI is InChI=1S/C14H20BrNO/c15-13-5-2-6-14(11-13)17-10-9-16-8-7-12-3-1-4-12/h2,5-6,11-12,16H,1,3-4,7-10H2. The Kier molecular flexibility index (Phi) is 5.33. The molecule has 17 heavy (non-hydrogen) atoms. The van der Waals surface area contributed by atoms with Crippen LogP contribution in [0.1, 0.15) is 25.7 Å². The van der Waals surface area contributed by atoms with E-state index in [1.54, 1.807) is 0 Å². The molecule has 0 bridgehead atoms. The predicted molar refractivity (Wildman–Crippen MR) is 74.5 cm³/mol. The number of hydrogen-bond donors (Lipinski definition) is 1. The smallest absolute Gasteiger partial charge is 0.120 e. The number of nitrogens with one attached hydrogen (secondary N) is 1. The van der Waals surface area contributed by atoms with Crippen LogP contribution in [0.15, 0.2) is 28.7 Å². The van der Waals surface area contributed by atoms with Crippen molar-refractivity contribution in [2.24, 2.45) is 5.92 Å². The highest BCUT2D eigenvalue weighted by atomic mass is 79.9. The minimum absolute atomic E-state index is 0.737. The summed E-state index contributed by atoms with van der Waals surface area (Å²) in [4.78, 5) is 0. The Hall–Kier alpha value is -0.540. The molecule has 1 aliphatic rings. The first-order valence-corrected chi connectivity index (χ1v) is 7.23. The highest BCUT2D eigenvalue weighted by Gasteiger charge is 2.15. The van der Waals surface area contributed by atoms with Crippen LogP contribution in [0.25, 0.3) is 0 Å². The van der Waals surface area contributed by atoms with E-state index in [0.717, 1.165) is 35.8 Å². The minimum Gasteiger partial charge on any atom is -0.492 e. The molecule has 0 amide bonds. The Morgan fingerprint density at radius 3 is 2.88 bits per heavy atom. The van der Waals surface area contributed by atoms with Gasteiger partial charge in [-0.1, -0.05) is 41.3 Å². The monoisotopic (exact) mass is 297 g/mol. The van der Waals surface area contributed by atoms with Crippen LogP contribution in [0.2, 0.25) is 0 Å². The molecule has 1 aromatic rings. The summed E-state index contributed by atoms with van der Waals surface area (Å²) in [6.45, 7) is 2.80. The van der Waals surface area contributed by atoms with Crippen molar-refractivity contribution in [2.75, 3.05) is 19.7 Å². The van der Waals surface area contributed by atoms with E-state index in [1.807, 2.05) is 24.3 Å². The largest absolute Gasteiger partial charge is 0.492 e. The molecule has 1 fully saturated rings. The first kappa shape index (κ1) is 12.9. The molecule has 0 atom stereocenters. The zero-order valence-corrected chi connectivity index (χ0v) is 11.7. The van der Waals surface area contributed by atoms with E-state index in [1.165, 1.54) is 25.7 Å². The first-order chi connectivity index (χ1) is 8.34. The Balaban J connectivity index is 1.50. The van der Waals surface area contributed by atoms with E-state index in [9.17, 15) is 0 Å². The quantitative estimate of drug-likeness (QED) is 0.777. The number of ether oxygens (including phenoxy) is 1. The van der Waals surface area contributed by atoms with Crippen molar-refractivity contribution < 1.29 is 4.74 Å². The predicted octanol–water partition coefficient (Wildman–Crippen LogP) is 3.61. The summed E-state index contributed by atoms with van der Waals surface area (Å²) in [5, 5.41) is 3.43. The van der Waals surface area contributed by atoms with Crippen LogP contribution in [0, 0.1) is 5.92 Å². The molecule has 1 saturated carbocycles. The van der Waals surface area contributed by atoms with Crippen molar-refractivity contribution in [3.8, 4) is 5.75 Å². The molecule has 0 unspecified atom stereocenters. The van der Waals surface area contributed by atoms with Crippen LogP contribution >= 0.6 is 15.9 Å². The molecule has 0 heterocycles. The van der Waals surface area contributed by atoms with Gasteiger partial charge in [0, 0.05) is 11.0 Å². The van der Waals surface area contributed by atoms with Gasteiger partial charge in [0.05, 0.1) is 0 Å². The number of hydrogen-bond acceptors (Lipinski definition) is 2. The van der Waals surface area contributed by atoms with Gasteiger partial charge in [0.15, 0.2) is 0 Å². The third kappa shape index (κ3) is 4.68. The number of rotatable bonds is 7. The van der Waals surface area contributed by atoms with E-state index in [-0.39, 0.29) is 0 Å². The summed E-state index contributed by atoms with van der Waals surface area (Å²) in [5.41, 5.74) is 0. The maximum absolute atomic E-state index is 5.64. The zero-order valence-electron chi connectivity index (χ0n) is 10.1. The van der Waals surface area contributed by atoms with Crippen LogP contribution in [0.3, 0.4) is 0 Å². The third-order valence-corrected chi connectivity index (χ3v) is 3.79. The molecule has 0 radical (unpaired) electrons. The number of halogens is 1. The van der Waals surface area contributed by atoms with Gasteiger partial charge in [0.25, 0.3) is 0 Å². The van der Waals surface area contributed by atoms with Crippen LogP contribution < -0.4 is 10.1 Å². The normalized spacial score (nSPS) is 15.6. The van der Waals surface area contributed by atoms with E-state index in [2.05, 4.69) is 21.2 Å². The second-order valence-electron chi connectivity index (χ2n) is 4.64. The van der Waals surface area contributed by atoms with Gasteiger partial charge >= 0.3 is 0 Å². The highest BCUT2D eigenvalue weighted by molar-refractivity contribution is 9.10. The maximum atomic E-state index is 5.64. The first-order valence-electron chi connectivity index (χ1n) is 6.44. The van der Waals surface area contributed by atoms with Gasteiger partial charge in [-0.2, -0.15) is 0 Å². The van der Waals surface area contributed by atoms with Gasteiger partial charge < -0.3 is 10.1 Å². The molecule has 1 N–H and O–H groups in total. The van der Waals surface area contributed by atoms with Gasteiger partial charge in [-0.3, -0.25) is 0 Å². The minimum atomic E-state index is 0.737.